The van der Waals surface area contributed by atoms with Crippen molar-refractivity contribution in [3.63, 3.8) is 0 Å². The largest absolute Gasteiger partial charge is 0.378 e. The van der Waals surface area contributed by atoms with Crippen LogP contribution >= 0.6 is 0 Å². The van der Waals surface area contributed by atoms with Gasteiger partial charge in [0.25, 0.3) is 11.8 Å². The molecular formula is C22H21FN2O4. The molecule has 0 saturated carbocycles. The Morgan fingerprint density at radius 3 is 2.34 bits per heavy atom. The second kappa shape index (κ2) is 9.77. The number of morpholine rings is 1. The topological polar surface area (TPSA) is 78.9 Å². The third kappa shape index (κ3) is 5.37. The van der Waals surface area contributed by atoms with Gasteiger partial charge in [-0.25, -0.2) is 9.87 Å². The van der Waals surface area contributed by atoms with Gasteiger partial charge in [0.05, 0.1) is 18.8 Å². The molecule has 0 spiro atoms. The van der Waals surface area contributed by atoms with Gasteiger partial charge in [0.2, 0.25) is 0 Å². The van der Waals surface area contributed by atoms with E-state index in [4.69, 9.17) is 9.94 Å². The van der Waals surface area contributed by atoms with Crippen LogP contribution in [0.1, 0.15) is 16.7 Å². The molecule has 0 aliphatic carbocycles. The Bertz CT molecular complexity index is 932. The van der Waals surface area contributed by atoms with Crippen molar-refractivity contribution in [2.75, 3.05) is 26.3 Å². The average molecular weight is 396 g/mol. The summed E-state index contributed by atoms with van der Waals surface area (Å²) in [6.07, 6.45) is 4.39. The number of hydroxylamine groups is 1. The fourth-order valence-corrected chi connectivity index (χ4v) is 2.95. The van der Waals surface area contributed by atoms with Crippen molar-refractivity contribution in [1.29, 1.82) is 0 Å². The molecule has 29 heavy (non-hydrogen) atoms. The first-order chi connectivity index (χ1) is 14.1. The molecule has 2 aromatic rings. The molecule has 1 aliphatic heterocycles. The fraction of sp³-hybridized carbons (Fsp3) is 0.182. The third-order valence-corrected chi connectivity index (χ3v) is 4.48. The van der Waals surface area contributed by atoms with Crippen molar-refractivity contribution in [2.24, 2.45) is 0 Å². The van der Waals surface area contributed by atoms with Gasteiger partial charge < -0.3 is 9.64 Å². The molecule has 3 rings (SSSR count). The lowest BCUT2D eigenvalue weighted by Crippen LogP contribution is -2.41. The van der Waals surface area contributed by atoms with Crippen LogP contribution in [0.5, 0.6) is 0 Å². The zero-order valence-corrected chi connectivity index (χ0v) is 15.7. The molecule has 150 valence electrons. The molecule has 0 aromatic heterocycles. The number of carbonyl (C=O) groups excluding carboxylic acids is 2. The van der Waals surface area contributed by atoms with Gasteiger partial charge in [0, 0.05) is 24.7 Å². The minimum Gasteiger partial charge on any atom is -0.378 e. The van der Waals surface area contributed by atoms with E-state index < -0.39 is 11.7 Å². The number of carbonyl (C=O) groups is 2. The van der Waals surface area contributed by atoms with E-state index in [1.54, 1.807) is 53.4 Å². The highest BCUT2D eigenvalue weighted by atomic mass is 19.1. The van der Waals surface area contributed by atoms with E-state index in [2.05, 4.69) is 0 Å². The second-order valence-corrected chi connectivity index (χ2v) is 6.42. The van der Waals surface area contributed by atoms with E-state index >= 15 is 0 Å². The van der Waals surface area contributed by atoms with Gasteiger partial charge >= 0.3 is 0 Å². The minimum atomic E-state index is -0.632. The Morgan fingerprint density at radius 2 is 1.69 bits per heavy atom. The summed E-state index contributed by atoms with van der Waals surface area (Å²) in [6, 6.07) is 13.2. The maximum atomic E-state index is 14.4. The molecule has 1 saturated heterocycles. The molecule has 2 aromatic carbocycles. The normalized spacial score (nSPS) is 14.8. The molecule has 2 N–H and O–H groups in total. The number of nitrogens with zero attached hydrogens (tertiary/aromatic N) is 1. The first kappa shape index (κ1) is 20.4. The molecule has 1 fully saturated rings. The first-order valence-electron chi connectivity index (χ1n) is 9.14. The average Bonchev–Trinajstić information content (AvgIpc) is 2.77. The molecule has 7 heteroatoms. The van der Waals surface area contributed by atoms with Crippen molar-refractivity contribution in [1.82, 2.24) is 10.4 Å². The SMILES string of the molecule is O=C(/C=C/c1ccc(C=C(C(=O)N2CCOCC2)c2ccccc2F)cc1)NO. The van der Waals surface area contributed by atoms with Crippen LogP contribution in [-0.4, -0.2) is 48.2 Å². The smallest absolute Gasteiger partial charge is 0.267 e. The van der Waals surface area contributed by atoms with Crippen molar-refractivity contribution in [3.05, 3.63) is 77.1 Å². The molecule has 2 amide bonds. The Hall–Kier alpha value is -3.29. The molecule has 0 atom stereocenters. The minimum absolute atomic E-state index is 0.243. The van der Waals surface area contributed by atoms with Gasteiger partial charge in [-0.1, -0.05) is 42.5 Å². The van der Waals surface area contributed by atoms with Crippen molar-refractivity contribution < 1.29 is 23.9 Å². The van der Waals surface area contributed by atoms with E-state index in [9.17, 15) is 14.0 Å². The van der Waals surface area contributed by atoms with E-state index in [1.165, 1.54) is 23.7 Å². The van der Waals surface area contributed by atoms with Crippen LogP contribution < -0.4 is 5.48 Å². The number of hydrogen-bond acceptors (Lipinski definition) is 4. The Labute approximate surface area is 167 Å². The lowest BCUT2D eigenvalue weighted by molar-refractivity contribution is -0.129. The molecule has 0 radical (unpaired) electrons. The lowest BCUT2D eigenvalue weighted by Gasteiger charge is -2.28. The zero-order chi connectivity index (χ0) is 20.6. The Morgan fingerprint density at radius 1 is 1.03 bits per heavy atom. The molecule has 1 aliphatic rings. The maximum Gasteiger partial charge on any atom is 0.267 e. The quantitative estimate of drug-likeness (QED) is 0.353. The Kier molecular flexibility index (Phi) is 6.89. The Balaban J connectivity index is 1.92. The van der Waals surface area contributed by atoms with Crippen LogP contribution in [0.3, 0.4) is 0 Å². The zero-order valence-electron chi connectivity index (χ0n) is 15.7. The summed E-state index contributed by atoms with van der Waals surface area (Å²) in [5.74, 6) is -1.34. The number of rotatable bonds is 5. The third-order valence-electron chi connectivity index (χ3n) is 4.48. The van der Waals surface area contributed by atoms with Gasteiger partial charge in [-0.3, -0.25) is 14.8 Å². The summed E-state index contributed by atoms with van der Waals surface area (Å²) < 4.78 is 19.7. The van der Waals surface area contributed by atoms with Gasteiger partial charge in [0.15, 0.2) is 0 Å². The monoisotopic (exact) mass is 396 g/mol. The van der Waals surface area contributed by atoms with Gasteiger partial charge in [-0.2, -0.15) is 0 Å². The highest BCUT2D eigenvalue weighted by molar-refractivity contribution is 6.24. The number of nitrogens with one attached hydrogen (secondary N) is 1. The predicted octanol–water partition coefficient (Wildman–Crippen LogP) is 2.74. The summed E-state index contributed by atoms with van der Waals surface area (Å²) in [4.78, 5) is 25.8. The number of ether oxygens (including phenoxy) is 1. The number of amides is 2. The lowest BCUT2D eigenvalue weighted by atomic mass is 10.00. The first-order valence-corrected chi connectivity index (χ1v) is 9.14. The standard InChI is InChI=1S/C22H21FN2O4/c23-20-4-2-1-3-18(20)19(22(27)25-11-13-29-14-12-25)15-17-7-5-16(6-8-17)9-10-21(26)24-28/h1-10,15,28H,11-14H2,(H,24,26)/b10-9+,19-15?. The fourth-order valence-electron chi connectivity index (χ4n) is 2.95. The molecular weight excluding hydrogens is 375 g/mol. The second-order valence-electron chi connectivity index (χ2n) is 6.42. The molecule has 0 unspecified atom stereocenters. The summed E-state index contributed by atoms with van der Waals surface area (Å²) in [5.41, 5.74) is 3.48. The van der Waals surface area contributed by atoms with Crippen LogP contribution in [0.25, 0.3) is 17.7 Å². The van der Waals surface area contributed by atoms with E-state index in [0.717, 1.165) is 5.56 Å². The van der Waals surface area contributed by atoms with Gasteiger partial charge in [0.1, 0.15) is 5.82 Å². The van der Waals surface area contributed by atoms with Crippen molar-refractivity contribution in [2.45, 2.75) is 0 Å². The molecule has 1 heterocycles. The van der Waals surface area contributed by atoms with E-state index in [-0.39, 0.29) is 17.0 Å². The van der Waals surface area contributed by atoms with Gasteiger partial charge in [-0.05, 0) is 29.3 Å². The van der Waals surface area contributed by atoms with E-state index in [0.29, 0.717) is 31.9 Å². The van der Waals surface area contributed by atoms with Gasteiger partial charge in [-0.15, -0.1) is 0 Å². The van der Waals surface area contributed by atoms with Crippen LogP contribution in [0.2, 0.25) is 0 Å². The maximum absolute atomic E-state index is 14.4. The predicted molar refractivity (Wildman–Crippen MR) is 107 cm³/mol. The number of hydrogen-bond donors (Lipinski definition) is 2. The van der Waals surface area contributed by atoms with Crippen LogP contribution in [0.4, 0.5) is 4.39 Å². The highest BCUT2D eigenvalue weighted by Crippen LogP contribution is 2.24. The summed E-state index contributed by atoms with van der Waals surface area (Å²) in [5, 5.41) is 8.51. The number of benzene rings is 2. The van der Waals surface area contributed by atoms with Crippen LogP contribution in [-0.2, 0) is 14.3 Å². The summed E-state index contributed by atoms with van der Waals surface area (Å²) in [7, 11) is 0. The van der Waals surface area contributed by atoms with Crippen molar-refractivity contribution >= 4 is 29.5 Å². The van der Waals surface area contributed by atoms with Crippen LogP contribution in [0, 0.1) is 5.82 Å². The molecule has 0 bridgehead atoms. The summed E-state index contributed by atoms with van der Waals surface area (Å²) >= 11 is 0. The van der Waals surface area contributed by atoms with E-state index in [1.807, 2.05) is 0 Å². The molecule has 6 nitrogen and oxygen atoms in total. The number of halogens is 1. The summed E-state index contributed by atoms with van der Waals surface area (Å²) in [6.45, 7) is 1.83. The van der Waals surface area contributed by atoms with Crippen LogP contribution in [0.15, 0.2) is 54.6 Å². The highest BCUT2D eigenvalue weighted by Gasteiger charge is 2.23. The van der Waals surface area contributed by atoms with Crippen molar-refractivity contribution in [3.8, 4) is 0 Å².